The Labute approximate surface area is 103 Å². The van der Waals surface area contributed by atoms with Gasteiger partial charge in [0.25, 0.3) is 0 Å². The lowest BCUT2D eigenvalue weighted by atomic mass is 9.75. The van der Waals surface area contributed by atoms with Crippen molar-refractivity contribution in [2.45, 2.75) is 45.6 Å². The van der Waals surface area contributed by atoms with E-state index in [1.54, 1.807) is 12.4 Å². The third-order valence-corrected chi connectivity index (χ3v) is 3.58. The quantitative estimate of drug-likeness (QED) is 0.844. The molecule has 0 spiro atoms. The molecule has 1 fully saturated rings. The zero-order valence-corrected chi connectivity index (χ0v) is 11.0. The molecule has 1 aliphatic rings. The number of hydrogen-bond donors (Lipinski definition) is 2. The molecule has 2 rings (SSSR count). The van der Waals surface area contributed by atoms with Gasteiger partial charge in [0.2, 0.25) is 0 Å². The largest absolute Gasteiger partial charge is 0.372 e. The summed E-state index contributed by atoms with van der Waals surface area (Å²) >= 11 is 0. The Bertz CT molecular complexity index is 365. The molecule has 4 heteroatoms. The van der Waals surface area contributed by atoms with E-state index >= 15 is 0 Å². The fourth-order valence-electron chi connectivity index (χ4n) is 2.31. The molecule has 2 N–H and O–H groups in total. The molecule has 0 amide bonds. The molecule has 94 valence electrons. The summed E-state index contributed by atoms with van der Waals surface area (Å²) in [6.07, 6.45) is 8.53. The molecular formula is C13H22N4. The third kappa shape index (κ3) is 3.32. The van der Waals surface area contributed by atoms with Crippen molar-refractivity contribution in [2.24, 2.45) is 5.41 Å². The summed E-state index contributed by atoms with van der Waals surface area (Å²) in [5, 5.41) is 6.48. The van der Waals surface area contributed by atoms with Crippen LogP contribution in [0.25, 0.3) is 0 Å². The Kier molecular flexibility index (Phi) is 3.50. The van der Waals surface area contributed by atoms with Gasteiger partial charge in [-0.05, 0) is 31.1 Å². The highest BCUT2D eigenvalue weighted by Crippen LogP contribution is 2.35. The highest BCUT2D eigenvalue weighted by molar-refractivity contribution is 5.41. The van der Waals surface area contributed by atoms with Crippen LogP contribution in [-0.2, 0) is 0 Å². The second kappa shape index (κ2) is 4.90. The van der Waals surface area contributed by atoms with E-state index in [0.717, 1.165) is 11.6 Å². The number of anilines is 2. The van der Waals surface area contributed by atoms with Crippen molar-refractivity contribution in [3.8, 4) is 0 Å². The fourth-order valence-corrected chi connectivity index (χ4v) is 2.31. The Hall–Kier alpha value is -1.32. The molecule has 0 atom stereocenters. The number of hydrogen-bond acceptors (Lipinski definition) is 4. The van der Waals surface area contributed by atoms with E-state index in [-0.39, 0.29) is 0 Å². The van der Waals surface area contributed by atoms with E-state index in [0.29, 0.717) is 11.5 Å². The average Bonchev–Trinajstić information content (AvgIpc) is 2.32. The summed E-state index contributed by atoms with van der Waals surface area (Å²) in [6, 6.07) is 0.546. The first-order chi connectivity index (χ1) is 8.09. The lowest BCUT2D eigenvalue weighted by Crippen LogP contribution is -2.30. The van der Waals surface area contributed by atoms with Crippen LogP contribution in [0.15, 0.2) is 12.4 Å². The lowest BCUT2D eigenvalue weighted by molar-refractivity contribution is 0.232. The number of rotatable bonds is 3. The molecule has 0 bridgehead atoms. The van der Waals surface area contributed by atoms with Gasteiger partial charge in [0.15, 0.2) is 0 Å². The maximum Gasteiger partial charge on any atom is 0.147 e. The van der Waals surface area contributed by atoms with Crippen molar-refractivity contribution >= 4 is 11.6 Å². The van der Waals surface area contributed by atoms with Crippen molar-refractivity contribution in [3.05, 3.63) is 12.4 Å². The molecule has 0 aliphatic heterocycles. The van der Waals surface area contributed by atoms with Gasteiger partial charge in [-0.1, -0.05) is 13.8 Å². The molecule has 4 nitrogen and oxygen atoms in total. The van der Waals surface area contributed by atoms with Crippen molar-refractivity contribution in [1.82, 2.24) is 9.97 Å². The SMILES string of the molecule is CNc1cncc(NC2CCC(C)(C)CC2)n1. The minimum atomic E-state index is 0.511. The molecule has 0 unspecified atom stereocenters. The summed E-state index contributed by atoms with van der Waals surface area (Å²) in [4.78, 5) is 8.60. The number of nitrogens with one attached hydrogen (secondary N) is 2. The van der Waals surface area contributed by atoms with Gasteiger partial charge in [0, 0.05) is 13.1 Å². The van der Waals surface area contributed by atoms with Gasteiger partial charge in [-0.2, -0.15) is 0 Å². The van der Waals surface area contributed by atoms with E-state index in [9.17, 15) is 0 Å². The van der Waals surface area contributed by atoms with Crippen molar-refractivity contribution in [3.63, 3.8) is 0 Å². The lowest BCUT2D eigenvalue weighted by Gasteiger charge is -2.34. The maximum absolute atomic E-state index is 4.44. The smallest absolute Gasteiger partial charge is 0.147 e. The van der Waals surface area contributed by atoms with E-state index in [1.165, 1.54) is 25.7 Å². The standard InChI is InChI=1S/C13H22N4/c1-13(2)6-4-10(5-7-13)16-12-9-15-8-11(14-3)17-12/h8-10H,4-7H2,1-3H3,(H2,14,16,17). The second-order valence-electron chi connectivity index (χ2n) is 5.62. The summed E-state index contributed by atoms with van der Waals surface area (Å²) in [5.74, 6) is 1.69. The molecule has 0 saturated heterocycles. The van der Waals surface area contributed by atoms with Crippen LogP contribution in [0.5, 0.6) is 0 Å². The zero-order valence-electron chi connectivity index (χ0n) is 11.0. The average molecular weight is 234 g/mol. The van der Waals surface area contributed by atoms with Crippen molar-refractivity contribution in [1.29, 1.82) is 0 Å². The number of aromatic nitrogens is 2. The van der Waals surface area contributed by atoms with Crippen LogP contribution in [0.4, 0.5) is 11.6 Å². The molecule has 1 aromatic rings. The molecule has 1 aromatic heterocycles. The molecule has 0 radical (unpaired) electrons. The van der Waals surface area contributed by atoms with Crippen LogP contribution in [0.2, 0.25) is 0 Å². The van der Waals surface area contributed by atoms with Gasteiger partial charge in [0.1, 0.15) is 11.6 Å². The van der Waals surface area contributed by atoms with Gasteiger partial charge in [-0.15, -0.1) is 0 Å². The highest BCUT2D eigenvalue weighted by atomic mass is 15.1. The first kappa shape index (κ1) is 12.1. The van der Waals surface area contributed by atoms with Crippen LogP contribution < -0.4 is 10.6 Å². The molecule has 1 aliphatic carbocycles. The first-order valence-corrected chi connectivity index (χ1v) is 6.35. The van der Waals surface area contributed by atoms with Crippen LogP contribution in [0.3, 0.4) is 0 Å². The zero-order chi connectivity index (χ0) is 12.3. The molecule has 1 saturated carbocycles. The van der Waals surface area contributed by atoms with E-state index < -0.39 is 0 Å². The number of nitrogens with zero attached hydrogens (tertiary/aromatic N) is 2. The Morgan fingerprint density at radius 1 is 1.18 bits per heavy atom. The Morgan fingerprint density at radius 3 is 2.47 bits per heavy atom. The summed E-state index contributed by atoms with van der Waals surface area (Å²) < 4.78 is 0. The summed E-state index contributed by atoms with van der Waals surface area (Å²) in [5.41, 5.74) is 0.511. The Morgan fingerprint density at radius 2 is 1.82 bits per heavy atom. The minimum Gasteiger partial charge on any atom is -0.372 e. The van der Waals surface area contributed by atoms with Crippen LogP contribution in [0, 0.1) is 5.41 Å². The fraction of sp³-hybridized carbons (Fsp3) is 0.692. The summed E-state index contributed by atoms with van der Waals surface area (Å²) in [7, 11) is 1.86. The predicted molar refractivity (Wildman–Crippen MR) is 71.2 cm³/mol. The van der Waals surface area contributed by atoms with E-state index in [2.05, 4.69) is 34.4 Å². The molecule has 1 heterocycles. The third-order valence-electron chi connectivity index (χ3n) is 3.58. The van der Waals surface area contributed by atoms with E-state index in [4.69, 9.17) is 0 Å². The van der Waals surface area contributed by atoms with Crippen LogP contribution in [-0.4, -0.2) is 23.1 Å². The van der Waals surface area contributed by atoms with Crippen LogP contribution >= 0.6 is 0 Å². The Balaban J connectivity index is 1.93. The predicted octanol–water partition coefficient (Wildman–Crippen LogP) is 2.90. The van der Waals surface area contributed by atoms with Gasteiger partial charge in [0.05, 0.1) is 12.4 Å². The first-order valence-electron chi connectivity index (χ1n) is 6.35. The second-order valence-corrected chi connectivity index (χ2v) is 5.62. The monoisotopic (exact) mass is 234 g/mol. The van der Waals surface area contributed by atoms with E-state index in [1.807, 2.05) is 7.05 Å². The normalized spacial score (nSPS) is 19.9. The molecule has 17 heavy (non-hydrogen) atoms. The summed E-state index contributed by atoms with van der Waals surface area (Å²) in [6.45, 7) is 4.70. The molecule has 0 aromatic carbocycles. The molecular weight excluding hydrogens is 212 g/mol. The van der Waals surface area contributed by atoms with Gasteiger partial charge < -0.3 is 10.6 Å². The van der Waals surface area contributed by atoms with Crippen molar-refractivity contribution in [2.75, 3.05) is 17.7 Å². The van der Waals surface area contributed by atoms with Gasteiger partial charge in [-0.25, -0.2) is 4.98 Å². The van der Waals surface area contributed by atoms with Crippen LogP contribution in [0.1, 0.15) is 39.5 Å². The maximum atomic E-state index is 4.44. The highest BCUT2D eigenvalue weighted by Gasteiger charge is 2.26. The van der Waals surface area contributed by atoms with Gasteiger partial charge in [-0.3, -0.25) is 4.98 Å². The van der Waals surface area contributed by atoms with Gasteiger partial charge >= 0.3 is 0 Å². The minimum absolute atomic E-state index is 0.511. The topological polar surface area (TPSA) is 49.8 Å². The van der Waals surface area contributed by atoms with Crippen molar-refractivity contribution < 1.29 is 0 Å².